The van der Waals surface area contributed by atoms with Gasteiger partial charge in [-0.25, -0.2) is 4.98 Å². The van der Waals surface area contributed by atoms with Gasteiger partial charge >= 0.3 is 6.61 Å². The smallest absolute Gasteiger partial charge is 0.387 e. The number of anilines is 1. The molecule has 7 nitrogen and oxygen atoms in total. The lowest BCUT2D eigenvalue weighted by Gasteiger charge is -2.08. The molecule has 0 aliphatic rings. The van der Waals surface area contributed by atoms with E-state index in [0.717, 1.165) is 17.0 Å². The van der Waals surface area contributed by atoms with Crippen molar-refractivity contribution < 1.29 is 18.3 Å². The molecule has 1 amide bonds. The van der Waals surface area contributed by atoms with Crippen LogP contribution >= 0.6 is 11.3 Å². The van der Waals surface area contributed by atoms with Crippen molar-refractivity contribution in [3.05, 3.63) is 46.6 Å². The molecule has 31 heavy (non-hydrogen) atoms. The molecule has 1 aromatic carbocycles. The first-order chi connectivity index (χ1) is 14.9. The molecule has 0 fully saturated rings. The number of aryl methyl sites for hydroxylation is 2. The fourth-order valence-corrected chi connectivity index (χ4v) is 3.95. The number of halogens is 2. The molecule has 2 heterocycles. The summed E-state index contributed by atoms with van der Waals surface area (Å²) >= 11 is 1.21. The van der Waals surface area contributed by atoms with Crippen LogP contribution < -0.4 is 10.1 Å². The number of rotatable bonds is 9. The number of hydrogen-bond donors (Lipinski definition) is 1. The molecule has 0 aliphatic carbocycles. The fourth-order valence-electron chi connectivity index (χ4n) is 3.22. The van der Waals surface area contributed by atoms with Crippen molar-refractivity contribution in [3.63, 3.8) is 0 Å². The van der Waals surface area contributed by atoms with Crippen molar-refractivity contribution in [1.82, 2.24) is 14.8 Å². The van der Waals surface area contributed by atoms with Crippen molar-refractivity contribution in [2.45, 2.75) is 46.3 Å². The Labute approximate surface area is 182 Å². The third kappa shape index (κ3) is 5.64. The minimum absolute atomic E-state index is 0.0278. The molecule has 10 heteroatoms. The molecule has 0 aliphatic heterocycles. The van der Waals surface area contributed by atoms with E-state index in [-0.39, 0.29) is 18.1 Å². The molecular weight excluding hydrogens is 424 g/mol. The van der Waals surface area contributed by atoms with Crippen LogP contribution in [0.3, 0.4) is 0 Å². The van der Waals surface area contributed by atoms with Crippen molar-refractivity contribution in [3.8, 4) is 23.1 Å². The van der Waals surface area contributed by atoms with Gasteiger partial charge in [-0.2, -0.15) is 19.1 Å². The summed E-state index contributed by atoms with van der Waals surface area (Å²) in [5, 5.41) is 18.0. The number of carbonyl (C=O) groups is 1. The van der Waals surface area contributed by atoms with E-state index >= 15 is 0 Å². The highest BCUT2D eigenvalue weighted by molar-refractivity contribution is 7.14. The summed E-state index contributed by atoms with van der Waals surface area (Å²) in [4.78, 5) is 16.7. The minimum atomic E-state index is -2.94. The largest absolute Gasteiger partial charge is 0.434 e. The highest BCUT2D eigenvalue weighted by atomic mass is 32.1. The van der Waals surface area contributed by atoms with Crippen molar-refractivity contribution in [2.24, 2.45) is 0 Å². The first-order valence-corrected chi connectivity index (χ1v) is 10.5. The van der Waals surface area contributed by atoms with Crippen LogP contribution in [-0.2, 0) is 17.8 Å². The Kier molecular flexibility index (Phi) is 7.31. The van der Waals surface area contributed by atoms with Gasteiger partial charge in [0.05, 0.1) is 30.4 Å². The number of para-hydroxylation sites is 1. The number of nitrogens with one attached hydrogen (secondary N) is 1. The topological polar surface area (TPSA) is 92.8 Å². The minimum Gasteiger partial charge on any atom is -0.434 e. The number of ether oxygens (including phenoxy) is 1. The van der Waals surface area contributed by atoms with E-state index in [1.54, 1.807) is 28.3 Å². The summed E-state index contributed by atoms with van der Waals surface area (Å²) in [7, 11) is 0. The number of nitrogens with zero attached hydrogens (tertiary/aromatic N) is 4. The van der Waals surface area contributed by atoms with Crippen LogP contribution in [0.2, 0.25) is 0 Å². The number of nitriles is 1. The number of alkyl halides is 2. The Morgan fingerprint density at radius 3 is 2.87 bits per heavy atom. The third-order valence-electron chi connectivity index (χ3n) is 4.70. The lowest BCUT2D eigenvalue weighted by molar-refractivity contribution is -0.116. The molecule has 0 saturated heterocycles. The maximum absolute atomic E-state index is 12.6. The normalized spacial score (nSPS) is 10.8. The standard InChI is InChI=1S/C21H21F2N5O2S/c1-13-15(14(2)28(27-13)11-5-10-24)8-9-19(29)26-21-25-17(12-31-21)16-6-3-4-7-18(16)30-20(22)23/h3-4,6-7,12,20H,5,8-9,11H2,1-2H3,(H,25,26,29). The van der Waals surface area contributed by atoms with Crippen molar-refractivity contribution >= 4 is 22.4 Å². The zero-order chi connectivity index (χ0) is 22.4. The second kappa shape index (κ2) is 10.1. The molecule has 162 valence electrons. The number of carbonyl (C=O) groups excluding carboxylic acids is 1. The van der Waals surface area contributed by atoms with E-state index in [9.17, 15) is 13.6 Å². The van der Waals surface area contributed by atoms with Crippen molar-refractivity contribution in [2.75, 3.05) is 5.32 Å². The van der Waals surface area contributed by atoms with Gasteiger partial charge in [0.1, 0.15) is 5.75 Å². The van der Waals surface area contributed by atoms with Crippen LogP contribution in [0.5, 0.6) is 5.75 Å². The molecule has 0 bridgehead atoms. The van der Waals surface area contributed by atoms with E-state index in [2.05, 4.69) is 26.2 Å². The maximum Gasteiger partial charge on any atom is 0.387 e. The Bertz CT molecular complexity index is 1100. The van der Waals surface area contributed by atoms with Gasteiger partial charge in [0.2, 0.25) is 5.91 Å². The average molecular weight is 445 g/mol. The van der Waals surface area contributed by atoms with Gasteiger partial charge in [-0.15, -0.1) is 11.3 Å². The van der Waals surface area contributed by atoms with Gasteiger partial charge in [0, 0.05) is 23.1 Å². The second-order valence-corrected chi connectivity index (χ2v) is 7.60. The first kappa shape index (κ1) is 22.4. The molecule has 3 aromatic rings. The molecule has 0 saturated carbocycles. The molecule has 0 radical (unpaired) electrons. The van der Waals surface area contributed by atoms with Crippen LogP contribution in [0.25, 0.3) is 11.3 Å². The van der Waals surface area contributed by atoms with Gasteiger partial charge in [0.25, 0.3) is 0 Å². The van der Waals surface area contributed by atoms with Gasteiger partial charge < -0.3 is 10.1 Å². The number of benzene rings is 1. The Balaban J connectivity index is 1.63. The van der Waals surface area contributed by atoms with Crippen LogP contribution in [0.4, 0.5) is 13.9 Å². The van der Waals surface area contributed by atoms with Gasteiger partial charge in [-0.05, 0) is 38.0 Å². The summed E-state index contributed by atoms with van der Waals surface area (Å²) < 4.78 is 31.6. The lowest BCUT2D eigenvalue weighted by atomic mass is 10.1. The summed E-state index contributed by atoms with van der Waals surface area (Å²) in [5.74, 6) is -0.179. The highest BCUT2D eigenvalue weighted by Crippen LogP contribution is 2.33. The molecule has 0 atom stereocenters. The number of hydrogen-bond acceptors (Lipinski definition) is 6. The van der Waals surface area contributed by atoms with Gasteiger partial charge in [0.15, 0.2) is 5.13 Å². The van der Waals surface area contributed by atoms with E-state index in [1.165, 1.54) is 17.4 Å². The van der Waals surface area contributed by atoms with E-state index < -0.39 is 6.61 Å². The monoisotopic (exact) mass is 445 g/mol. The molecule has 3 rings (SSSR count). The van der Waals surface area contributed by atoms with E-state index in [0.29, 0.717) is 35.8 Å². The summed E-state index contributed by atoms with van der Waals surface area (Å²) in [6, 6.07) is 8.48. The summed E-state index contributed by atoms with van der Waals surface area (Å²) in [5.41, 5.74) is 3.66. The molecular formula is C21H21F2N5O2S. The van der Waals surface area contributed by atoms with Crippen LogP contribution in [0.1, 0.15) is 29.8 Å². The predicted octanol–water partition coefficient (Wildman–Crippen LogP) is 4.71. The Morgan fingerprint density at radius 1 is 1.35 bits per heavy atom. The van der Waals surface area contributed by atoms with Crippen LogP contribution in [0.15, 0.2) is 29.6 Å². The first-order valence-electron chi connectivity index (χ1n) is 9.58. The van der Waals surface area contributed by atoms with Crippen LogP contribution in [-0.4, -0.2) is 27.3 Å². The Hall–Kier alpha value is -3.32. The number of amides is 1. The summed E-state index contributed by atoms with van der Waals surface area (Å²) in [6.07, 6.45) is 1.13. The van der Waals surface area contributed by atoms with Gasteiger partial charge in [-0.3, -0.25) is 9.48 Å². The van der Waals surface area contributed by atoms with Gasteiger partial charge in [-0.1, -0.05) is 12.1 Å². The zero-order valence-corrected chi connectivity index (χ0v) is 17.9. The molecule has 1 N–H and O–H groups in total. The zero-order valence-electron chi connectivity index (χ0n) is 17.1. The average Bonchev–Trinajstić information content (AvgIpc) is 3.29. The Morgan fingerprint density at radius 2 is 2.13 bits per heavy atom. The highest BCUT2D eigenvalue weighted by Gasteiger charge is 2.16. The van der Waals surface area contributed by atoms with E-state index in [4.69, 9.17) is 5.26 Å². The van der Waals surface area contributed by atoms with E-state index in [1.807, 2.05) is 13.8 Å². The summed E-state index contributed by atoms with van der Waals surface area (Å²) in [6.45, 7) is 1.40. The molecule has 0 unspecified atom stereocenters. The second-order valence-electron chi connectivity index (χ2n) is 6.74. The van der Waals surface area contributed by atoms with Crippen LogP contribution in [0, 0.1) is 25.2 Å². The lowest BCUT2D eigenvalue weighted by Crippen LogP contribution is -2.12. The quantitative estimate of drug-likeness (QED) is 0.515. The SMILES string of the molecule is Cc1nn(CCC#N)c(C)c1CCC(=O)Nc1nc(-c2ccccc2OC(F)F)cs1. The molecule has 2 aromatic heterocycles. The number of aromatic nitrogens is 3. The number of thiazole rings is 1. The predicted molar refractivity (Wildman–Crippen MR) is 113 cm³/mol. The molecule has 0 spiro atoms. The fraction of sp³-hybridized carbons (Fsp3) is 0.333. The van der Waals surface area contributed by atoms with Crippen molar-refractivity contribution in [1.29, 1.82) is 5.26 Å². The maximum atomic E-state index is 12.6. The third-order valence-corrected chi connectivity index (χ3v) is 5.46.